The minimum absolute atomic E-state index is 0.266. The van der Waals surface area contributed by atoms with Gasteiger partial charge in [0.05, 0.1) is 5.69 Å². The van der Waals surface area contributed by atoms with Gasteiger partial charge >= 0.3 is 5.69 Å². The molecule has 7 heteroatoms. The quantitative estimate of drug-likeness (QED) is 0.475. The van der Waals surface area contributed by atoms with Gasteiger partial charge in [0.15, 0.2) is 11.2 Å². The molecule has 0 aliphatic carbocycles. The Morgan fingerprint density at radius 2 is 1.73 bits per heavy atom. The van der Waals surface area contributed by atoms with Crippen LogP contribution in [0.2, 0.25) is 0 Å². The minimum atomic E-state index is -0.308. The number of imidazole rings is 2. The molecule has 0 spiro atoms. The Kier molecular flexibility index (Phi) is 4.92. The molecule has 7 nitrogen and oxygen atoms in total. The molecule has 0 bridgehead atoms. The lowest BCUT2D eigenvalue weighted by Crippen LogP contribution is -2.39. The Morgan fingerprint density at radius 1 is 1.00 bits per heavy atom. The van der Waals surface area contributed by atoms with Crippen molar-refractivity contribution in [3.8, 4) is 5.69 Å². The molecule has 0 fully saturated rings. The number of benzene rings is 1. The Balaban J connectivity index is 2.10. The number of hydrogen-bond acceptors (Lipinski definition) is 3. The smallest absolute Gasteiger partial charge is 0.282 e. The summed E-state index contributed by atoms with van der Waals surface area (Å²) in [6.45, 7) is 10.7. The summed E-state index contributed by atoms with van der Waals surface area (Å²) < 4.78 is 6.85. The van der Waals surface area contributed by atoms with Gasteiger partial charge in [0.2, 0.25) is 5.78 Å². The number of fused-ring (bicyclic) bond motifs is 3. The van der Waals surface area contributed by atoms with E-state index in [0.717, 1.165) is 47.5 Å². The van der Waals surface area contributed by atoms with Crippen molar-refractivity contribution in [1.82, 2.24) is 23.1 Å². The summed E-state index contributed by atoms with van der Waals surface area (Å²) in [7, 11) is 1.69. The Bertz CT molecular complexity index is 1400. The van der Waals surface area contributed by atoms with Gasteiger partial charge < -0.3 is 0 Å². The molecule has 3 aromatic heterocycles. The Hall–Kier alpha value is -3.09. The maximum Gasteiger partial charge on any atom is 0.332 e. The van der Waals surface area contributed by atoms with Crippen molar-refractivity contribution in [3.63, 3.8) is 0 Å². The van der Waals surface area contributed by atoms with Gasteiger partial charge in [-0.1, -0.05) is 31.9 Å². The van der Waals surface area contributed by atoms with Crippen LogP contribution in [-0.2, 0) is 13.6 Å². The van der Waals surface area contributed by atoms with Gasteiger partial charge in [-0.05, 0) is 51.3 Å². The number of rotatable bonds is 5. The fraction of sp³-hybridized carbons (Fsp3) is 0.435. The second kappa shape index (κ2) is 7.31. The largest absolute Gasteiger partial charge is 0.332 e. The third-order valence-corrected chi connectivity index (χ3v) is 6.11. The molecule has 0 radical (unpaired) electrons. The first-order valence-electron chi connectivity index (χ1n) is 10.6. The van der Waals surface area contributed by atoms with Crippen LogP contribution < -0.4 is 11.2 Å². The molecule has 0 aliphatic heterocycles. The van der Waals surface area contributed by atoms with Crippen molar-refractivity contribution < 1.29 is 0 Å². The third-order valence-electron chi connectivity index (χ3n) is 6.11. The summed E-state index contributed by atoms with van der Waals surface area (Å²) in [6.07, 6.45) is 2.82. The van der Waals surface area contributed by atoms with Crippen molar-refractivity contribution in [2.75, 3.05) is 0 Å². The van der Waals surface area contributed by atoms with Gasteiger partial charge in [-0.2, -0.15) is 4.98 Å². The summed E-state index contributed by atoms with van der Waals surface area (Å²) in [5.74, 6) is 0.659. The van der Waals surface area contributed by atoms with Gasteiger partial charge in [-0.15, -0.1) is 0 Å². The highest BCUT2D eigenvalue weighted by Gasteiger charge is 2.23. The molecule has 4 aromatic rings. The molecule has 1 aromatic carbocycles. The number of aryl methyl sites for hydroxylation is 4. The SMILES string of the molecule is CCCCCn1c(=O)c2c(nc3n(-c4cc(C)ccc4C)c(C)c(C)n23)n(C)c1=O. The van der Waals surface area contributed by atoms with Crippen LogP contribution in [0.4, 0.5) is 0 Å². The maximum atomic E-state index is 13.4. The number of nitrogens with zero attached hydrogens (tertiary/aromatic N) is 5. The first kappa shape index (κ1) is 20.2. The lowest BCUT2D eigenvalue weighted by molar-refractivity contribution is 0.550. The van der Waals surface area contributed by atoms with Crippen molar-refractivity contribution in [2.24, 2.45) is 7.05 Å². The maximum absolute atomic E-state index is 13.4. The average Bonchev–Trinajstić information content (AvgIpc) is 3.21. The van der Waals surface area contributed by atoms with E-state index in [-0.39, 0.29) is 11.2 Å². The average molecular weight is 408 g/mol. The van der Waals surface area contributed by atoms with Crippen molar-refractivity contribution in [2.45, 2.75) is 60.4 Å². The molecule has 0 N–H and O–H groups in total. The zero-order valence-electron chi connectivity index (χ0n) is 18.6. The van der Waals surface area contributed by atoms with Crippen LogP contribution in [0.3, 0.4) is 0 Å². The van der Waals surface area contributed by atoms with E-state index in [0.29, 0.717) is 23.5 Å². The molecule has 0 saturated heterocycles. The van der Waals surface area contributed by atoms with Crippen LogP contribution in [-0.4, -0.2) is 23.1 Å². The number of hydrogen-bond donors (Lipinski definition) is 0. The van der Waals surface area contributed by atoms with Gasteiger partial charge in [0, 0.05) is 25.0 Å². The molecule has 158 valence electrons. The Labute approximate surface area is 175 Å². The van der Waals surface area contributed by atoms with E-state index in [9.17, 15) is 9.59 Å². The fourth-order valence-corrected chi connectivity index (χ4v) is 4.22. The normalized spacial score (nSPS) is 11.8. The molecule has 0 unspecified atom stereocenters. The van der Waals surface area contributed by atoms with Gasteiger partial charge in [0.1, 0.15) is 0 Å². The zero-order chi connectivity index (χ0) is 21.7. The van der Waals surface area contributed by atoms with Gasteiger partial charge in [0.25, 0.3) is 5.56 Å². The van der Waals surface area contributed by atoms with E-state index in [1.807, 2.05) is 18.2 Å². The van der Waals surface area contributed by atoms with Crippen LogP contribution in [0.15, 0.2) is 27.8 Å². The Morgan fingerprint density at radius 3 is 2.43 bits per heavy atom. The van der Waals surface area contributed by atoms with E-state index >= 15 is 0 Å². The first-order chi connectivity index (χ1) is 14.3. The van der Waals surface area contributed by atoms with Crippen molar-refractivity contribution in [3.05, 3.63) is 61.6 Å². The molecular formula is C23H29N5O2. The predicted molar refractivity (Wildman–Crippen MR) is 120 cm³/mol. The summed E-state index contributed by atoms with van der Waals surface area (Å²) >= 11 is 0. The van der Waals surface area contributed by atoms with E-state index in [4.69, 9.17) is 4.98 Å². The lowest BCUT2D eigenvalue weighted by Gasteiger charge is -2.11. The second-order valence-corrected chi connectivity index (χ2v) is 8.22. The van der Waals surface area contributed by atoms with Crippen molar-refractivity contribution >= 4 is 16.9 Å². The monoisotopic (exact) mass is 407 g/mol. The second-order valence-electron chi connectivity index (χ2n) is 8.22. The van der Waals surface area contributed by atoms with Crippen LogP contribution >= 0.6 is 0 Å². The zero-order valence-corrected chi connectivity index (χ0v) is 18.6. The lowest BCUT2D eigenvalue weighted by atomic mass is 10.1. The number of aromatic nitrogens is 5. The molecule has 0 saturated carbocycles. The molecule has 4 rings (SSSR count). The first-order valence-corrected chi connectivity index (χ1v) is 10.6. The van der Waals surface area contributed by atoms with Crippen molar-refractivity contribution in [1.29, 1.82) is 0 Å². The van der Waals surface area contributed by atoms with E-state index in [1.165, 1.54) is 9.13 Å². The van der Waals surface area contributed by atoms with E-state index in [1.54, 1.807) is 7.05 Å². The van der Waals surface area contributed by atoms with Gasteiger partial charge in [-0.25, -0.2) is 4.79 Å². The highest BCUT2D eigenvalue weighted by molar-refractivity contribution is 5.77. The number of unbranched alkanes of at least 4 members (excludes halogenated alkanes) is 2. The van der Waals surface area contributed by atoms with E-state index in [2.05, 4.69) is 43.5 Å². The van der Waals surface area contributed by atoms with Gasteiger partial charge in [-0.3, -0.25) is 22.9 Å². The summed E-state index contributed by atoms with van der Waals surface area (Å²) in [5.41, 5.74) is 5.61. The van der Waals surface area contributed by atoms with Crippen LogP contribution in [0.25, 0.3) is 22.6 Å². The van der Waals surface area contributed by atoms with Crippen LogP contribution in [0.5, 0.6) is 0 Å². The molecule has 3 heterocycles. The van der Waals surface area contributed by atoms with Crippen LogP contribution in [0, 0.1) is 27.7 Å². The minimum Gasteiger partial charge on any atom is -0.282 e. The third kappa shape index (κ3) is 2.83. The molecule has 0 aliphatic rings. The standard InChI is InChI=1S/C23H29N5O2/c1-7-8-9-12-26-21(29)19-20(25(6)23(26)30)24-22-27(16(4)17(5)28(19)22)18-13-14(2)10-11-15(18)3/h10-11,13H,7-9,12H2,1-6H3. The summed E-state index contributed by atoms with van der Waals surface area (Å²) in [5, 5.41) is 0. The fourth-order valence-electron chi connectivity index (χ4n) is 4.22. The highest BCUT2D eigenvalue weighted by atomic mass is 16.2. The van der Waals surface area contributed by atoms with Crippen LogP contribution in [0.1, 0.15) is 48.7 Å². The molecular weight excluding hydrogens is 378 g/mol. The molecule has 30 heavy (non-hydrogen) atoms. The predicted octanol–water partition coefficient (Wildman–Crippen LogP) is 3.56. The summed E-state index contributed by atoms with van der Waals surface area (Å²) in [6, 6.07) is 6.31. The molecule has 0 amide bonds. The molecule has 0 atom stereocenters. The summed E-state index contributed by atoms with van der Waals surface area (Å²) in [4.78, 5) is 31.0. The van der Waals surface area contributed by atoms with E-state index < -0.39 is 0 Å². The topological polar surface area (TPSA) is 66.2 Å². The highest BCUT2D eigenvalue weighted by Crippen LogP contribution is 2.26.